The minimum absolute atomic E-state index is 0. The van der Waals surface area contributed by atoms with E-state index in [9.17, 15) is 8.78 Å². The van der Waals surface area contributed by atoms with E-state index in [2.05, 4.69) is 15.5 Å². The van der Waals surface area contributed by atoms with Crippen LogP contribution in [0.2, 0.25) is 0 Å². The van der Waals surface area contributed by atoms with Crippen molar-refractivity contribution in [3.05, 3.63) is 35.4 Å². The number of hydrazone groups is 1. The predicted molar refractivity (Wildman–Crippen MR) is 90.0 cm³/mol. The summed E-state index contributed by atoms with van der Waals surface area (Å²) >= 11 is 1.45. The fourth-order valence-electron chi connectivity index (χ4n) is 2.66. The molecule has 1 aromatic carbocycles. The lowest BCUT2D eigenvalue weighted by Crippen LogP contribution is -2.28. The third kappa shape index (κ3) is 3.98. The molecule has 1 heterocycles. The molecule has 0 unspecified atom stereocenters. The second-order valence-electron chi connectivity index (χ2n) is 5.28. The highest BCUT2D eigenvalue weighted by molar-refractivity contribution is 8.14. The maximum atomic E-state index is 13.7. The Morgan fingerprint density at radius 2 is 1.82 bits per heavy atom. The SMILES string of the molecule is Cl.Fc1cccc(F)c1C1=NNC(=NC2CCCCC2)SC1. The molecule has 7 heteroatoms. The average molecular weight is 346 g/mol. The summed E-state index contributed by atoms with van der Waals surface area (Å²) < 4.78 is 27.4. The summed E-state index contributed by atoms with van der Waals surface area (Å²) in [6.45, 7) is 0. The summed E-state index contributed by atoms with van der Waals surface area (Å²) in [6.07, 6.45) is 5.97. The van der Waals surface area contributed by atoms with Gasteiger partial charge in [0.15, 0.2) is 5.17 Å². The van der Waals surface area contributed by atoms with Gasteiger partial charge in [-0.3, -0.25) is 10.4 Å². The fraction of sp³-hybridized carbons (Fsp3) is 0.467. The van der Waals surface area contributed by atoms with Crippen LogP contribution in [0.3, 0.4) is 0 Å². The van der Waals surface area contributed by atoms with E-state index in [0.29, 0.717) is 17.5 Å². The van der Waals surface area contributed by atoms with Crippen molar-refractivity contribution in [1.29, 1.82) is 0 Å². The maximum Gasteiger partial charge on any atom is 0.177 e. The molecule has 0 spiro atoms. The van der Waals surface area contributed by atoms with Crippen LogP contribution in [0.1, 0.15) is 37.7 Å². The van der Waals surface area contributed by atoms with Gasteiger partial charge in [-0.05, 0) is 25.0 Å². The number of halogens is 3. The van der Waals surface area contributed by atoms with Gasteiger partial charge in [0.05, 0.1) is 17.3 Å². The molecule has 0 atom stereocenters. The lowest BCUT2D eigenvalue weighted by molar-refractivity contribution is 0.443. The minimum Gasteiger partial charge on any atom is -0.258 e. The first-order valence-corrected chi connectivity index (χ1v) is 8.20. The number of hydrogen-bond donors (Lipinski definition) is 1. The third-order valence-electron chi connectivity index (χ3n) is 3.76. The number of nitrogens with zero attached hydrogens (tertiary/aromatic N) is 2. The summed E-state index contributed by atoms with van der Waals surface area (Å²) in [4.78, 5) is 4.64. The van der Waals surface area contributed by atoms with E-state index in [4.69, 9.17) is 0 Å². The normalized spacial score (nSPS) is 21.0. The molecule has 3 nitrogen and oxygen atoms in total. The van der Waals surface area contributed by atoms with Crippen LogP contribution in [0.4, 0.5) is 8.78 Å². The summed E-state index contributed by atoms with van der Waals surface area (Å²) in [7, 11) is 0. The summed E-state index contributed by atoms with van der Waals surface area (Å²) in [5.41, 5.74) is 3.18. The van der Waals surface area contributed by atoms with Crippen LogP contribution >= 0.6 is 24.2 Å². The number of amidine groups is 1. The number of hydrogen-bond acceptors (Lipinski definition) is 3. The predicted octanol–water partition coefficient (Wildman–Crippen LogP) is 4.12. The van der Waals surface area contributed by atoms with Crippen molar-refractivity contribution in [3.8, 4) is 0 Å². The number of rotatable bonds is 2. The maximum absolute atomic E-state index is 13.7. The molecule has 0 bridgehead atoms. The molecule has 0 radical (unpaired) electrons. The Balaban J connectivity index is 0.00000176. The van der Waals surface area contributed by atoms with E-state index in [0.717, 1.165) is 18.0 Å². The zero-order chi connectivity index (χ0) is 14.7. The third-order valence-corrected chi connectivity index (χ3v) is 4.65. The Morgan fingerprint density at radius 3 is 2.41 bits per heavy atom. The van der Waals surface area contributed by atoms with Crippen LogP contribution in [-0.4, -0.2) is 22.7 Å². The van der Waals surface area contributed by atoms with E-state index in [-0.39, 0.29) is 18.0 Å². The van der Waals surface area contributed by atoms with Crippen molar-refractivity contribution in [2.45, 2.75) is 38.1 Å². The van der Waals surface area contributed by atoms with Crippen molar-refractivity contribution in [3.63, 3.8) is 0 Å². The van der Waals surface area contributed by atoms with Crippen molar-refractivity contribution in [2.75, 3.05) is 5.75 Å². The molecule has 0 aromatic heterocycles. The molecule has 1 aliphatic carbocycles. The molecule has 1 saturated carbocycles. The molecule has 1 aromatic rings. The van der Waals surface area contributed by atoms with Gasteiger partial charge in [-0.25, -0.2) is 8.78 Å². The molecule has 120 valence electrons. The number of aliphatic imine (C=N–C) groups is 1. The van der Waals surface area contributed by atoms with Crippen molar-refractivity contribution >= 4 is 35.0 Å². The first kappa shape index (κ1) is 17.2. The number of thioether (sulfide) groups is 1. The number of benzene rings is 1. The molecular weight excluding hydrogens is 328 g/mol. The summed E-state index contributed by atoms with van der Waals surface area (Å²) in [5.74, 6) is -0.733. The summed E-state index contributed by atoms with van der Waals surface area (Å²) in [6, 6.07) is 4.21. The molecule has 3 rings (SSSR count). The highest BCUT2D eigenvalue weighted by Gasteiger charge is 2.21. The molecule has 2 aliphatic rings. The topological polar surface area (TPSA) is 36.8 Å². The van der Waals surface area contributed by atoms with Crippen molar-refractivity contribution in [2.24, 2.45) is 10.1 Å². The van der Waals surface area contributed by atoms with Gasteiger partial charge in [0.1, 0.15) is 11.6 Å². The Hall–Kier alpha value is -1.14. The van der Waals surface area contributed by atoms with Gasteiger partial charge in [-0.1, -0.05) is 37.1 Å². The minimum atomic E-state index is -0.580. The molecule has 22 heavy (non-hydrogen) atoms. The number of nitrogens with one attached hydrogen (secondary N) is 1. The lowest BCUT2D eigenvalue weighted by atomic mass is 9.96. The van der Waals surface area contributed by atoms with E-state index in [1.807, 2.05) is 0 Å². The van der Waals surface area contributed by atoms with Gasteiger partial charge < -0.3 is 0 Å². The second-order valence-corrected chi connectivity index (χ2v) is 6.25. The van der Waals surface area contributed by atoms with Gasteiger partial charge in [0, 0.05) is 5.75 Å². The van der Waals surface area contributed by atoms with Gasteiger partial charge in [-0.2, -0.15) is 5.10 Å². The van der Waals surface area contributed by atoms with Gasteiger partial charge >= 0.3 is 0 Å². The van der Waals surface area contributed by atoms with Crippen LogP contribution < -0.4 is 5.43 Å². The largest absolute Gasteiger partial charge is 0.258 e. The lowest BCUT2D eigenvalue weighted by Gasteiger charge is -2.21. The molecular formula is C15H18ClF2N3S. The van der Waals surface area contributed by atoms with Crippen LogP contribution in [0.15, 0.2) is 28.3 Å². The standard InChI is InChI=1S/C15H17F2N3S.ClH/c16-11-7-4-8-12(17)14(11)13-9-21-15(20-19-13)18-10-5-2-1-3-6-10;/h4,7-8,10H,1-3,5-6,9H2,(H,18,20);1H. The first-order chi connectivity index (χ1) is 10.2. The Kier molecular flexibility index (Phi) is 6.20. The second kappa shape index (κ2) is 7.92. The Morgan fingerprint density at radius 1 is 1.14 bits per heavy atom. The molecule has 1 N–H and O–H groups in total. The van der Waals surface area contributed by atoms with Gasteiger partial charge in [-0.15, -0.1) is 12.4 Å². The smallest absolute Gasteiger partial charge is 0.177 e. The fourth-order valence-corrected chi connectivity index (χ4v) is 3.48. The van der Waals surface area contributed by atoms with Crippen LogP contribution in [-0.2, 0) is 0 Å². The Bertz CT molecular complexity index is 566. The van der Waals surface area contributed by atoms with Crippen molar-refractivity contribution < 1.29 is 8.78 Å². The van der Waals surface area contributed by atoms with Crippen LogP contribution in [0.5, 0.6) is 0 Å². The zero-order valence-electron chi connectivity index (χ0n) is 12.0. The monoisotopic (exact) mass is 345 g/mol. The molecule has 0 amide bonds. The van der Waals surface area contributed by atoms with E-state index >= 15 is 0 Å². The highest BCUT2D eigenvalue weighted by atomic mass is 35.5. The van der Waals surface area contributed by atoms with Crippen LogP contribution in [0, 0.1) is 11.6 Å². The van der Waals surface area contributed by atoms with Crippen molar-refractivity contribution in [1.82, 2.24) is 5.43 Å². The highest BCUT2D eigenvalue weighted by Crippen LogP contribution is 2.23. The summed E-state index contributed by atoms with van der Waals surface area (Å²) in [5, 5.41) is 4.86. The Labute approximate surface area is 139 Å². The van der Waals surface area contributed by atoms with E-state index in [1.54, 1.807) is 0 Å². The quantitative estimate of drug-likeness (QED) is 0.875. The first-order valence-electron chi connectivity index (χ1n) is 7.21. The molecule has 1 aliphatic heterocycles. The zero-order valence-corrected chi connectivity index (χ0v) is 13.7. The van der Waals surface area contributed by atoms with Gasteiger partial charge in [0.25, 0.3) is 0 Å². The van der Waals surface area contributed by atoms with E-state index in [1.165, 1.54) is 49.2 Å². The molecule has 0 saturated heterocycles. The van der Waals surface area contributed by atoms with Gasteiger partial charge in [0.2, 0.25) is 0 Å². The average Bonchev–Trinajstić information content (AvgIpc) is 2.50. The van der Waals surface area contributed by atoms with E-state index < -0.39 is 11.6 Å². The van der Waals surface area contributed by atoms with Crippen LogP contribution in [0.25, 0.3) is 0 Å². The molecule has 1 fully saturated rings.